The van der Waals surface area contributed by atoms with Crippen molar-refractivity contribution in [3.63, 3.8) is 0 Å². The third-order valence-corrected chi connectivity index (χ3v) is 1.50. The first-order chi connectivity index (χ1) is 4.33. The van der Waals surface area contributed by atoms with Crippen molar-refractivity contribution in [2.24, 2.45) is 0 Å². The molecule has 0 aliphatic carbocycles. The number of nitrogens with one attached hydrogen (secondary N) is 1. The molecule has 1 unspecified atom stereocenters. The van der Waals surface area contributed by atoms with Gasteiger partial charge in [-0.3, -0.25) is 5.32 Å². The van der Waals surface area contributed by atoms with E-state index in [1.165, 1.54) is 11.2 Å². The Bertz CT molecular complexity index is 122. The van der Waals surface area contributed by atoms with Gasteiger partial charge >= 0.3 is 0 Å². The standard InChI is InChI=1S/C6H12N2O/c1-2-3-6-4-8(9)5-7-6/h5-6,9H,2-4H2,1H3/p+1. The second-order valence-electron chi connectivity index (χ2n) is 2.40. The molecular weight excluding hydrogens is 116 g/mol. The van der Waals surface area contributed by atoms with E-state index in [4.69, 9.17) is 5.21 Å². The van der Waals surface area contributed by atoms with Gasteiger partial charge in [0.1, 0.15) is 6.04 Å². The van der Waals surface area contributed by atoms with Crippen LogP contribution in [0, 0.1) is 0 Å². The molecule has 0 aromatic rings. The van der Waals surface area contributed by atoms with Crippen LogP contribution in [0.2, 0.25) is 0 Å². The average molecular weight is 129 g/mol. The van der Waals surface area contributed by atoms with Crippen LogP contribution < -0.4 is 5.32 Å². The van der Waals surface area contributed by atoms with Crippen molar-refractivity contribution < 1.29 is 9.95 Å². The van der Waals surface area contributed by atoms with Crippen molar-refractivity contribution >= 4 is 6.34 Å². The Morgan fingerprint density at radius 3 is 3.11 bits per heavy atom. The van der Waals surface area contributed by atoms with Crippen LogP contribution in [0.1, 0.15) is 19.8 Å². The van der Waals surface area contributed by atoms with Crippen LogP contribution in [0.4, 0.5) is 0 Å². The van der Waals surface area contributed by atoms with E-state index in [0.29, 0.717) is 6.04 Å². The van der Waals surface area contributed by atoms with Crippen molar-refractivity contribution in [1.29, 1.82) is 0 Å². The lowest BCUT2D eigenvalue weighted by Crippen LogP contribution is -2.24. The molecule has 2 N–H and O–H groups in total. The zero-order valence-corrected chi connectivity index (χ0v) is 5.67. The summed E-state index contributed by atoms with van der Waals surface area (Å²) < 4.78 is 1.19. The van der Waals surface area contributed by atoms with Gasteiger partial charge in [-0.2, -0.15) is 0 Å². The Kier molecular flexibility index (Phi) is 1.92. The molecule has 3 heteroatoms. The predicted molar refractivity (Wildman–Crippen MR) is 34.8 cm³/mol. The second kappa shape index (κ2) is 2.71. The van der Waals surface area contributed by atoms with E-state index >= 15 is 0 Å². The number of hydrogen-bond donors (Lipinski definition) is 2. The highest BCUT2D eigenvalue weighted by molar-refractivity contribution is 5.49. The molecule has 1 aliphatic rings. The topological polar surface area (TPSA) is 35.3 Å². The first-order valence-corrected chi connectivity index (χ1v) is 3.38. The van der Waals surface area contributed by atoms with Crippen LogP contribution >= 0.6 is 0 Å². The molecule has 1 heterocycles. The van der Waals surface area contributed by atoms with E-state index in [9.17, 15) is 0 Å². The molecule has 0 spiro atoms. The molecule has 52 valence electrons. The van der Waals surface area contributed by atoms with E-state index in [-0.39, 0.29) is 0 Å². The molecule has 0 saturated carbocycles. The Hall–Kier alpha value is -0.730. The van der Waals surface area contributed by atoms with Crippen molar-refractivity contribution in [2.75, 3.05) is 6.54 Å². The molecule has 1 aliphatic heterocycles. The molecule has 0 bridgehead atoms. The van der Waals surface area contributed by atoms with Crippen LogP contribution in [0.25, 0.3) is 0 Å². The summed E-state index contributed by atoms with van der Waals surface area (Å²) in [5.74, 6) is 0. The predicted octanol–water partition coefficient (Wildman–Crippen LogP) is 0.188. The fourth-order valence-corrected chi connectivity index (χ4v) is 1.05. The van der Waals surface area contributed by atoms with Gasteiger partial charge in [-0.15, -0.1) is 0 Å². The van der Waals surface area contributed by atoms with Crippen molar-refractivity contribution in [2.45, 2.75) is 25.8 Å². The van der Waals surface area contributed by atoms with Gasteiger partial charge in [0.15, 0.2) is 6.54 Å². The summed E-state index contributed by atoms with van der Waals surface area (Å²) in [6, 6.07) is 0.458. The molecule has 0 aromatic carbocycles. The molecule has 3 nitrogen and oxygen atoms in total. The Balaban J connectivity index is 2.21. The maximum absolute atomic E-state index is 8.84. The van der Waals surface area contributed by atoms with Crippen molar-refractivity contribution in [3.8, 4) is 0 Å². The van der Waals surface area contributed by atoms with Crippen LogP contribution in [-0.2, 0) is 0 Å². The summed E-state index contributed by atoms with van der Waals surface area (Å²) in [7, 11) is 0. The van der Waals surface area contributed by atoms with E-state index < -0.39 is 0 Å². The maximum Gasteiger partial charge on any atom is 0.271 e. The van der Waals surface area contributed by atoms with Gasteiger partial charge in [0, 0.05) is 0 Å². The van der Waals surface area contributed by atoms with E-state index in [2.05, 4.69) is 12.2 Å². The number of rotatable bonds is 2. The molecule has 0 radical (unpaired) electrons. The van der Waals surface area contributed by atoms with Gasteiger partial charge in [-0.05, 0) is 6.42 Å². The fraction of sp³-hybridized carbons (Fsp3) is 0.833. The van der Waals surface area contributed by atoms with Crippen molar-refractivity contribution in [3.05, 3.63) is 0 Å². The van der Waals surface area contributed by atoms with E-state index in [1.54, 1.807) is 6.34 Å². The second-order valence-corrected chi connectivity index (χ2v) is 2.40. The van der Waals surface area contributed by atoms with Crippen LogP contribution in [0.3, 0.4) is 0 Å². The summed E-state index contributed by atoms with van der Waals surface area (Å²) in [4.78, 5) is 0. The highest BCUT2D eigenvalue weighted by Gasteiger charge is 2.20. The van der Waals surface area contributed by atoms with Crippen LogP contribution in [0.15, 0.2) is 0 Å². The van der Waals surface area contributed by atoms with Crippen LogP contribution in [0.5, 0.6) is 0 Å². The summed E-state index contributed by atoms with van der Waals surface area (Å²) >= 11 is 0. The monoisotopic (exact) mass is 129 g/mol. The lowest BCUT2D eigenvalue weighted by molar-refractivity contribution is -0.767. The third kappa shape index (κ3) is 1.59. The first-order valence-electron chi connectivity index (χ1n) is 3.38. The minimum absolute atomic E-state index is 0.458. The van der Waals surface area contributed by atoms with Gasteiger partial charge in [-0.25, -0.2) is 0 Å². The minimum atomic E-state index is 0.458. The van der Waals surface area contributed by atoms with Crippen molar-refractivity contribution in [1.82, 2.24) is 5.32 Å². The molecule has 1 atom stereocenters. The molecule has 0 fully saturated rings. The number of hydroxylamine groups is 1. The van der Waals surface area contributed by atoms with E-state index in [0.717, 1.165) is 13.0 Å². The Labute approximate surface area is 55.0 Å². The summed E-state index contributed by atoms with van der Waals surface area (Å²) in [5, 5.41) is 11.9. The summed E-state index contributed by atoms with van der Waals surface area (Å²) in [5.41, 5.74) is 0. The fourth-order valence-electron chi connectivity index (χ4n) is 1.05. The largest absolute Gasteiger partial charge is 0.355 e. The van der Waals surface area contributed by atoms with Gasteiger partial charge in [0.05, 0.1) is 0 Å². The minimum Gasteiger partial charge on any atom is -0.355 e. The van der Waals surface area contributed by atoms with Gasteiger partial charge < -0.3 is 5.21 Å². The zero-order valence-electron chi connectivity index (χ0n) is 5.67. The third-order valence-electron chi connectivity index (χ3n) is 1.50. The lowest BCUT2D eigenvalue weighted by atomic mass is 10.2. The zero-order chi connectivity index (χ0) is 6.69. The molecule has 0 amide bonds. The molecule has 0 saturated heterocycles. The average Bonchev–Trinajstić information content (AvgIpc) is 2.17. The number of hydrogen-bond acceptors (Lipinski definition) is 2. The van der Waals surface area contributed by atoms with Gasteiger partial charge in [-0.1, -0.05) is 18.1 Å². The Morgan fingerprint density at radius 2 is 2.67 bits per heavy atom. The quantitative estimate of drug-likeness (QED) is 0.412. The van der Waals surface area contributed by atoms with Gasteiger partial charge in [0.2, 0.25) is 0 Å². The first kappa shape index (κ1) is 6.39. The maximum atomic E-state index is 8.84. The van der Waals surface area contributed by atoms with Crippen LogP contribution in [-0.4, -0.2) is 28.9 Å². The molecule has 1 rings (SSSR count). The van der Waals surface area contributed by atoms with Gasteiger partial charge in [0.25, 0.3) is 6.34 Å². The summed E-state index contributed by atoms with van der Waals surface area (Å²) in [6.07, 6.45) is 3.91. The highest BCUT2D eigenvalue weighted by atomic mass is 16.5. The Morgan fingerprint density at radius 1 is 1.89 bits per heavy atom. The normalized spacial score (nSPS) is 25.4. The lowest BCUT2D eigenvalue weighted by Gasteiger charge is -1.99. The SMILES string of the molecule is CCCC1C[N+](O)=CN1. The number of nitrogens with zero attached hydrogens (tertiary/aromatic N) is 1. The molecule has 9 heavy (non-hydrogen) atoms. The molecule has 0 aromatic heterocycles. The highest BCUT2D eigenvalue weighted by Crippen LogP contribution is 1.98. The molecular formula is C6H13N2O+. The van der Waals surface area contributed by atoms with E-state index in [1.807, 2.05) is 0 Å². The summed E-state index contributed by atoms with van der Waals surface area (Å²) in [6.45, 7) is 2.87. The smallest absolute Gasteiger partial charge is 0.271 e.